The molecule has 0 unspecified atom stereocenters. The molecule has 0 radical (unpaired) electrons. The molecule has 0 heterocycles. The van der Waals surface area contributed by atoms with Gasteiger partial charge < -0.3 is 0 Å². The molecule has 0 saturated heterocycles. The van der Waals surface area contributed by atoms with Crippen molar-refractivity contribution in [1.29, 1.82) is 0 Å². The first-order valence-electron chi connectivity index (χ1n) is 5.85. The molecular formula is C15H12BrFOS. The number of thioether (sulfide) groups is 1. The first kappa shape index (κ1) is 14.3. The second kappa shape index (κ2) is 6.35. The van der Waals surface area contributed by atoms with Crippen molar-refractivity contribution in [3.63, 3.8) is 0 Å². The highest BCUT2D eigenvalue weighted by molar-refractivity contribution is 9.10. The number of halogens is 2. The van der Waals surface area contributed by atoms with Crippen molar-refractivity contribution in [1.82, 2.24) is 0 Å². The van der Waals surface area contributed by atoms with Crippen LogP contribution in [0.25, 0.3) is 0 Å². The highest BCUT2D eigenvalue weighted by Gasteiger charge is 2.15. The highest BCUT2D eigenvalue weighted by Crippen LogP contribution is 2.23. The first-order valence-corrected chi connectivity index (χ1v) is 7.63. The van der Waals surface area contributed by atoms with Gasteiger partial charge in [-0.2, -0.15) is 0 Å². The lowest BCUT2D eigenvalue weighted by Gasteiger charge is -2.05. The zero-order valence-corrected chi connectivity index (χ0v) is 12.7. The van der Waals surface area contributed by atoms with E-state index in [2.05, 4.69) is 22.9 Å². The SMILES string of the molecule is CCSc1ccc(C(=O)c2cccc(Br)c2F)cc1. The molecule has 2 rings (SSSR count). The van der Waals surface area contributed by atoms with Crippen LogP contribution in [0.3, 0.4) is 0 Å². The van der Waals surface area contributed by atoms with Gasteiger partial charge in [-0.1, -0.05) is 13.0 Å². The standard InChI is InChI=1S/C15H12BrFOS/c1-2-19-11-8-6-10(7-9-11)15(18)12-4-3-5-13(16)14(12)17/h3-9H,2H2,1H3. The topological polar surface area (TPSA) is 17.1 Å². The summed E-state index contributed by atoms with van der Waals surface area (Å²) in [5, 5.41) is 0. The fourth-order valence-corrected chi connectivity index (χ4v) is 2.73. The van der Waals surface area contributed by atoms with Gasteiger partial charge in [0, 0.05) is 10.5 Å². The monoisotopic (exact) mass is 338 g/mol. The molecule has 0 aliphatic heterocycles. The van der Waals surface area contributed by atoms with Gasteiger partial charge in [-0.3, -0.25) is 4.79 Å². The van der Waals surface area contributed by atoms with E-state index in [0.29, 0.717) is 10.0 Å². The molecule has 0 atom stereocenters. The van der Waals surface area contributed by atoms with E-state index in [1.165, 1.54) is 6.07 Å². The van der Waals surface area contributed by atoms with Crippen LogP contribution in [0.4, 0.5) is 4.39 Å². The summed E-state index contributed by atoms with van der Waals surface area (Å²) in [5.41, 5.74) is 0.586. The number of carbonyl (C=O) groups is 1. The zero-order valence-electron chi connectivity index (χ0n) is 10.3. The van der Waals surface area contributed by atoms with Gasteiger partial charge in [0.2, 0.25) is 0 Å². The third-order valence-electron chi connectivity index (χ3n) is 2.62. The number of rotatable bonds is 4. The van der Waals surface area contributed by atoms with Crippen LogP contribution >= 0.6 is 27.7 Å². The van der Waals surface area contributed by atoms with E-state index in [1.807, 2.05) is 12.1 Å². The Kier molecular flexibility index (Phi) is 4.77. The Morgan fingerprint density at radius 1 is 1.21 bits per heavy atom. The molecule has 0 aromatic heterocycles. The van der Waals surface area contributed by atoms with Crippen LogP contribution in [0.1, 0.15) is 22.8 Å². The van der Waals surface area contributed by atoms with E-state index < -0.39 is 5.82 Å². The van der Waals surface area contributed by atoms with E-state index in [0.717, 1.165) is 10.6 Å². The molecule has 0 bridgehead atoms. The lowest BCUT2D eigenvalue weighted by Crippen LogP contribution is -2.04. The normalized spacial score (nSPS) is 10.5. The van der Waals surface area contributed by atoms with Gasteiger partial charge in [-0.15, -0.1) is 11.8 Å². The third kappa shape index (κ3) is 3.25. The molecule has 0 spiro atoms. The quantitative estimate of drug-likeness (QED) is 0.580. The van der Waals surface area contributed by atoms with Gasteiger partial charge >= 0.3 is 0 Å². The molecule has 0 N–H and O–H groups in total. The predicted molar refractivity (Wildman–Crippen MR) is 80.4 cm³/mol. The number of benzene rings is 2. The van der Waals surface area contributed by atoms with Crippen LogP contribution in [-0.4, -0.2) is 11.5 Å². The summed E-state index contributed by atoms with van der Waals surface area (Å²) in [6.07, 6.45) is 0. The van der Waals surface area contributed by atoms with Crippen LogP contribution in [-0.2, 0) is 0 Å². The van der Waals surface area contributed by atoms with Gasteiger partial charge in [0.05, 0.1) is 10.0 Å². The summed E-state index contributed by atoms with van der Waals surface area (Å²) in [7, 11) is 0. The van der Waals surface area contributed by atoms with Crippen molar-refractivity contribution >= 4 is 33.5 Å². The molecule has 98 valence electrons. The Morgan fingerprint density at radius 2 is 1.89 bits per heavy atom. The van der Waals surface area contributed by atoms with Gasteiger partial charge in [0.25, 0.3) is 0 Å². The van der Waals surface area contributed by atoms with E-state index in [9.17, 15) is 9.18 Å². The first-order chi connectivity index (χ1) is 9.13. The second-order valence-electron chi connectivity index (χ2n) is 3.89. The van der Waals surface area contributed by atoms with Crippen molar-refractivity contribution in [2.75, 3.05) is 5.75 Å². The summed E-state index contributed by atoms with van der Waals surface area (Å²) in [6.45, 7) is 2.07. The fraction of sp³-hybridized carbons (Fsp3) is 0.133. The second-order valence-corrected chi connectivity index (χ2v) is 6.08. The molecule has 4 heteroatoms. The van der Waals surface area contributed by atoms with Crippen molar-refractivity contribution in [2.24, 2.45) is 0 Å². The summed E-state index contributed by atoms with van der Waals surface area (Å²) in [6, 6.07) is 12.0. The molecule has 2 aromatic carbocycles. The highest BCUT2D eigenvalue weighted by atomic mass is 79.9. The van der Waals surface area contributed by atoms with E-state index in [1.54, 1.807) is 36.0 Å². The molecular weight excluding hydrogens is 327 g/mol. The van der Waals surface area contributed by atoms with Crippen molar-refractivity contribution in [3.8, 4) is 0 Å². The minimum Gasteiger partial charge on any atom is -0.288 e. The van der Waals surface area contributed by atoms with E-state index >= 15 is 0 Å². The molecule has 0 amide bonds. The van der Waals surface area contributed by atoms with E-state index in [4.69, 9.17) is 0 Å². The number of hydrogen-bond donors (Lipinski definition) is 0. The minimum absolute atomic E-state index is 0.0882. The van der Waals surface area contributed by atoms with Crippen LogP contribution in [0.15, 0.2) is 51.8 Å². The van der Waals surface area contributed by atoms with E-state index in [-0.39, 0.29) is 11.3 Å². The summed E-state index contributed by atoms with van der Waals surface area (Å²) in [5.74, 6) is 0.166. The molecule has 0 fully saturated rings. The molecule has 1 nitrogen and oxygen atoms in total. The van der Waals surface area contributed by atoms with Gasteiger partial charge in [0.1, 0.15) is 5.82 Å². The van der Waals surface area contributed by atoms with Crippen LogP contribution in [0.2, 0.25) is 0 Å². The molecule has 0 aliphatic rings. The fourth-order valence-electron chi connectivity index (χ4n) is 1.70. The number of ketones is 1. The Labute approximate surface area is 124 Å². The smallest absolute Gasteiger partial charge is 0.196 e. The lowest BCUT2D eigenvalue weighted by atomic mass is 10.0. The van der Waals surface area contributed by atoms with Crippen molar-refractivity contribution in [2.45, 2.75) is 11.8 Å². The van der Waals surface area contributed by atoms with Crippen LogP contribution < -0.4 is 0 Å². The largest absolute Gasteiger partial charge is 0.288 e. The number of carbonyl (C=O) groups excluding carboxylic acids is 1. The Morgan fingerprint density at radius 3 is 2.53 bits per heavy atom. The maximum Gasteiger partial charge on any atom is 0.196 e. The Bertz CT molecular complexity index is 596. The van der Waals surface area contributed by atoms with Crippen LogP contribution in [0.5, 0.6) is 0 Å². The Hall–Kier alpha value is -1.13. The maximum atomic E-state index is 13.9. The maximum absolute atomic E-state index is 13.9. The molecule has 0 saturated carbocycles. The van der Waals surface area contributed by atoms with Gasteiger partial charge in [0.15, 0.2) is 5.78 Å². The minimum atomic E-state index is -0.514. The van der Waals surface area contributed by atoms with Gasteiger partial charge in [-0.25, -0.2) is 4.39 Å². The molecule has 0 aliphatic carbocycles. The average Bonchev–Trinajstić information content (AvgIpc) is 2.42. The summed E-state index contributed by atoms with van der Waals surface area (Å²) >= 11 is 4.79. The predicted octanol–water partition coefficient (Wildman–Crippen LogP) is 4.93. The Balaban J connectivity index is 2.31. The molecule has 2 aromatic rings. The van der Waals surface area contributed by atoms with Gasteiger partial charge in [-0.05, 0) is 58.1 Å². The molecule has 19 heavy (non-hydrogen) atoms. The number of hydrogen-bond acceptors (Lipinski definition) is 2. The van der Waals surface area contributed by atoms with Crippen molar-refractivity contribution < 1.29 is 9.18 Å². The average molecular weight is 339 g/mol. The van der Waals surface area contributed by atoms with Crippen LogP contribution in [0, 0.1) is 5.82 Å². The summed E-state index contributed by atoms with van der Waals surface area (Å²) < 4.78 is 14.2. The zero-order chi connectivity index (χ0) is 13.8. The lowest BCUT2D eigenvalue weighted by molar-refractivity contribution is 0.103. The summed E-state index contributed by atoms with van der Waals surface area (Å²) in [4.78, 5) is 13.3. The van der Waals surface area contributed by atoms with Crippen molar-refractivity contribution in [3.05, 3.63) is 63.9 Å². The third-order valence-corrected chi connectivity index (χ3v) is 4.13.